The van der Waals surface area contributed by atoms with Gasteiger partial charge in [-0.1, -0.05) is 23.2 Å². The van der Waals surface area contributed by atoms with Crippen molar-refractivity contribution in [2.75, 3.05) is 12.4 Å². The van der Waals surface area contributed by atoms with Crippen LogP contribution in [-0.4, -0.2) is 23.6 Å². The largest absolute Gasteiger partial charge is 0.495 e. The van der Waals surface area contributed by atoms with Crippen LogP contribution in [0.2, 0.25) is 10.0 Å². The second-order valence-electron chi connectivity index (χ2n) is 7.57. The first-order chi connectivity index (χ1) is 15.2. The number of amides is 1. The van der Waals surface area contributed by atoms with Gasteiger partial charge >= 0.3 is 0 Å². The van der Waals surface area contributed by atoms with E-state index < -0.39 is 5.60 Å². The molecule has 0 fully saturated rings. The molecule has 0 atom stereocenters. The van der Waals surface area contributed by atoms with Crippen LogP contribution in [-0.2, 0) is 4.79 Å². The van der Waals surface area contributed by atoms with Crippen LogP contribution in [0.25, 0.3) is 22.6 Å². The highest BCUT2D eigenvalue weighted by molar-refractivity contribution is 6.32. The van der Waals surface area contributed by atoms with Crippen molar-refractivity contribution in [2.45, 2.75) is 19.4 Å². The Morgan fingerprint density at radius 1 is 1.03 bits per heavy atom. The number of hydrogen-bond donors (Lipinski definition) is 1. The maximum atomic E-state index is 12.8. The van der Waals surface area contributed by atoms with Crippen LogP contribution in [0.5, 0.6) is 11.5 Å². The standard InChI is InChI=1S/C24H20Cl2N2O4/c1-24(2,32-17-8-5-15(25)6-9-17)23(29)27-16-7-11-21-19(13-16)28-22(31-21)14-4-10-20(30-3)18(26)12-14/h4-13H,1-3H3,(H,27,29). The topological polar surface area (TPSA) is 73.6 Å². The summed E-state index contributed by atoms with van der Waals surface area (Å²) in [6.45, 7) is 3.38. The zero-order valence-corrected chi connectivity index (χ0v) is 19.1. The molecule has 3 aromatic carbocycles. The van der Waals surface area contributed by atoms with Crippen LogP contribution in [0, 0.1) is 0 Å². The molecule has 0 saturated carbocycles. The Balaban J connectivity index is 1.53. The minimum atomic E-state index is -1.11. The zero-order chi connectivity index (χ0) is 22.9. The van der Waals surface area contributed by atoms with Crippen molar-refractivity contribution in [1.82, 2.24) is 4.98 Å². The van der Waals surface area contributed by atoms with Gasteiger partial charge in [-0.15, -0.1) is 0 Å². The van der Waals surface area contributed by atoms with E-state index in [1.807, 2.05) is 6.07 Å². The number of anilines is 1. The van der Waals surface area contributed by atoms with Crippen LogP contribution in [0.4, 0.5) is 5.69 Å². The van der Waals surface area contributed by atoms with E-state index in [0.29, 0.717) is 44.2 Å². The molecule has 1 N–H and O–H groups in total. The van der Waals surface area contributed by atoms with Crippen molar-refractivity contribution < 1.29 is 18.7 Å². The molecule has 4 rings (SSSR count). The molecule has 0 aliphatic rings. The lowest BCUT2D eigenvalue weighted by Crippen LogP contribution is -2.42. The number of methoxy groups -OCH3 is 1. The first-order valence-electron chi connectivity index (χ1n) is 9.76. The van der Waals surface area contributed by atoms with E-state index in [-0.39, 0.29) is 5.91 Å². The SMILES string of the molecule is COc1ccc(-c2nc3cc(NC(=O)C(C)(C)Oc4ccc(Cl)cc4)ccc3o2)cc1Cl. The van der Waals surface area contributed by atoms with Gasteiger partial charge in [0, 0.05) is 16.3 Å². The number of nitrogens with zero attached hydrogens (tertiary/aromatic N) is 1. The van der Waals surface area contributed by atoms with E-state index in [1.165, 1.54) is 0 Å². The number of hydrogen-bond acceptors (Lipinski definition) is 5. The van der Waals surface area contributed by atoms with E-state index in [9.17, 15) is 4.79 Å². The van der Waals surface area contributed by atoms with Gasteiger partial charge < -0.3 is 19.2 Å². The van der Waals surface area contributed by atoms with E-state index in [1.54, 1.807) is 75.6 Å². The Kier molecular flexibility index (Phi) is 6.00. The molecule has 8 heteroatoms. The summed E-state index contributed by atoms with van der Waals surface area (Å²) in [5, 5.41) is 3.93. The van der Waals surface area contributed by atoms with Gasteiger partial charge in [-0.3, -0.25) is 4.79 Å². The molecule has 0 aliphatic heterocycles. The molecule has 1 heterocycles. The Labute approximate surface area is 195 Å². The van der Waals surface area contributed by atoms with Gasteiger partial charge in [-0.05, 0) is 74.5 Å². The Morgan fingerprint density at radius 3 is 2.47 bits per heavy atom. The van der Waals surface area contributed by atoms with Crippen molar-refractivity contribution in [1.29, 1.82) is 0 Å². The molecule has 0 spiro atoms. The van der Waals surface area contributed by atoms with E-state index in [0.717, 1.165) is 5.56 Å². The average Bonchev–Trinajstić information content (AvgIpc) is 3.18. The Morgan fingerprint density at radius 2 is 1.78 bits per heavy atom. The van der Waals surface area contributed by atoms with Gasteiger partial charge in [0.2, 0.25) is 5.89 Å². The van der Waals surface area contributed by atoms with Crippen molar-refractivity contribution >= 4 is 45.9 Å². The molecule has 0 saturated heterocycles. The highest BCUT2D eigenvalue weighted by atomic mass is 35.5. The number of rotatable bonds is 6. The summed E-state index contributed by atoms with van der Waals surface area (Å²) >= 11 is 12.1. The molecule has 32 heavy (non-hydrogen) atoms. The van der Waals surface area contributed by atoms with Crippen LogP contribution >= 0.6 is 23.2 Å². The van der Waals surface area contributed by atoms with Crippen molar-refractivity contribution in [3.05, 3.63) is 70.7 Å². The predicted octanol–water partition coefficient (Wildman–Crippen LogP) is 6.61. The molecule has 6 nitrogen and oxygen atoms in total. The van der Waals surface area contributed by atoms with Gasteiger partial charge in [-0.25, -0.2) is 4.98 Å². The minimum Gasteiger partial charge on any atom is -0.495 e. The summed E-state index contributed by atoms with van der Waals surface area (Å²) in [5.41, 5.74) is 1.36. The summed E-state index contributed by atoms with van der Waals surface area (Å²) in [6.07, 6.45) is 0. The summed E-state index contributed by atoms with van der Waals surface area (Å²) in [7, 11) is 1.55. The molecule has 0 radical (unpaired) electrons. The average molecular weight is 471 g/mol. The maximum absolute atomic E-state index is 12.8. The van der Waals surface area contributed by atoms with Gasteiger partial charge in [0.05, 0.1) is 12.1 Å². The fraction of sp³-hybridized carbons (Fsp3) is 0.167. The second-order valence-corrected chi connectivity index (χ2v) is 8.41. The minimum absolute atomic E-state index is 0.308. The number of halogens is 2. The third-order valence-electron chi connectivity index (χ3n) is 4.78. The smallest absolute Gasteiger partial charge is 0.267 e. The first kappa shape index (κ1) is 22.0. The van der Waals surface area contributed by atoms with Gasteiger partial charge in [0.15, 0.2) is 11.2 Å². The summed E-state index contributed by atoms with van der Waals surface area (Å²) in [5.74, 6) is 1.22. The highest BCUT2D eigenvalue weighted by Gasteiger charge is 2.30. The number of nitrogens with one attached hydrogen (secondary N) is 1. The first-order valence-corrected chi connectivity index (χ1v) is 10.5. The van der Waals surface area contributed by atoms with Crippen LogP contribution in [0.1, 0.15) is 13.8 Å². The quantitative estimate of drug-likeness (QED) is 0.343. The molecular weight excluding hydrogens is 451 g/mol. The van der Waals surface area contributed by atoms with E-state index >= 15 is 0 Å². The fourth-order valence-corrected chi connectivity index (χ4v) is 3.44. The fourth-order valence-electron chi connectivity index (χ4n) is 3.05. The van der Waals surface area contributed by atoms with Crippen LogP contribution in [0.3, 0.4) is 0 Å². The van der Waals surface area contributed by atoms with Crippen LogP contribution in [0.15, 0.2) is 65.1 Å². The second kappa shape index (κ2) is 8.73. The molecule has 1 amide bonds. The molecule has 0 bridgehead atoms. The van der Waals surface area contributed by atoms with Crippen molar-refractivity contribution in [3.8, 4) is 23.0 Å². The number of benzene rings is 3. The maximum Gasteiger partial charge on any atom is 0.267 e. The number of oxazole rings is 1. The molecule has 164 valence electrons. The third-order valence-corrected chi connectivity index (χ3v) is 5.32. The number of aromatic nitrogens is 1. The zero-order valence-electron chi connectivity index (χ0n) is 17.6. The predicted molar refractivity (Wildman–Crippen MR) is 126 cm³/mol. The van der Waals surface area contributed by atoms with Crippen molar-refractivity contribution in [3.63, 3.8) is 0 Å². The molecule has 1 aromatic heterocycles. The third kappa shape index (κ3) is 4.66. The number of ether oxygens (including phenoxy) is 2. The Hall–Kier alpha value is -3.22. The summed E-state index contributed by atoms with van der Waals surface area (Å²) < 4.78 is 16.9. The number of fused-ring (bicyclic) bond motifs is 1. The molecular formula is C24H20Cl2N2O4. The number of carbonyl (C=O) groups is 1. The lowest BCUT2D eigenvalue weighted by Gasteiger charge is -2.25. The lowest BCUT2D eigenvalue weighted by atomic mass is 10.1. The van der Waals surface area contributed by atoms with E-state index in [2.05, 4.69) is 10.3 Å². The normalized spacial score (nSPS) is 11.4. The highest BCUT2D eigenvalue weighted by Crippen LogP contribution is 2.32. The summed E-state index contributed by atoms with van der Waals surface area (Å²) in [6, 6.07) is 17.4. The van der Waals surface area contributed by atoms with Gasteiger partial charge in [-0.2, -0.15) is 0 Å². The molecule has 0 aliphatic carbocycles. The molecule has 4 aromatic rings. The van der Waals surface area contributed by atoms with Crippen LogP contribution < -0.4 is 14.8 Å². The van der Waals surface area contributed by atoms with E-state index in [4.69, 9.17) is 37.1 Å². The lowest BCUT2D eigenvalue weighted by molar-refractivity contribution is -0.128. The monoisotopic (exact) mass is 470 g/mol. The number of carbonyl (C=O) groups excluding carboxylic acids is 1. The summed E-state index contributed by atoms with van der Waals surface area (Å²) in [4.78, 5) is 17.4. The van der Waals surface area contributed by atoms with Crippen molar-refractivity contribution in [2.24, 2.45) is 0 Å². The van der Waals surface area contributed by atoms with Gasteiger partial charge in [0.25, 0.3) is 5.91 Å². The van der Waals surface area contributed by atoms with Gasteiger partial charge in [0.1, 0.15) is 17.0 Å². The Bertz CT molecular complexity index is 1280. The molecule has 0 unspecified atom stereocenters.